The van der Waals surface area contributed by atoms with Gasteiger partial charge in [0.25, 0.3) is 0 Å². The van der Waals surface area contributed by atoms with Gasteiger partial charge >= 0.3 is 0 Å². The second-order valence-electron chi connectivity index (χ2n) is 25.1. The van der Waals surface area contributed by atoms with Crippen LogP contribution in [0.3, 0.4) is 0 Å². The molecule has 0 spiro atoms. The number of aliphatic imine (C=N–C) groups is 14. The second-order valence-corrected chi connectivity index (χ2v) is 30.6. The van der Waals surface area contributed by atoms with Crippen LogP contribution in [0.2, 0.25) is 0 Å². The zero-order valence-corrected chi connectivity index (χ0v) is 71.7. The number of nitrogens with one attached hydrogen (secondary N) is 11. The lowest BCUT2D eigenvalue weighted by Crippen LogP contribution is -2.54. The van der Waals surface area contributed by atoms with E-state index in [2.05, 4.69) is 184 Å². The lowest BCUT2D eigenvalue weighted by molar-refractivity contribution is 0.499. The zero-order valence-electron chi connectivity index (χ0n) is 66.0. The topological polar surface area (TPSA) is 383 Å². The molecule has 7 aliphatic heterocycles. The quantitative estimate of drug-likeness (QED) is 0.0714. The predicted molar refractivity (Wildman–Crippen MR) is 479 cm³/mol. The van der Waals surface area contributed by atoms with Gasteiger partial charge in [-0.1, -0.05) is 0 Å². The minimum Gasteiger partial charge on any atom is -0.370 e. The van der Waals surface area contributed by atoms with Gasteiger partial charge in [0, 0.05) is 129 Å². The number of rotatable bonds is 7. The Morgan fingerprint density at radius 3 is 1.08 bits per heavy atom. The van der Waals surface area contributed by atoms with Gasteiger partial charge in [-0.15, -0.1) is 0 Å². The third kappa shape index (κ3) is 27.0. The number of thiophene rings is 7. The van der Waals surface area contributed by atoms with Crippen LogP contribution in [-0.2, 0) is 0 Å². The first-order chi connectivity index (χ1) is 53.1. The summed E-state index contributed by atoms with van der Waals surface area (Å²) in [6.45, 7) is 13.7. The van der Waals surface area contributed by atoms with Crippen LogP contribution in [0.4, 0.5) is 39.8 Å². The minimum absolute atomic E-state index is 0.0334. The van der Waals surface area contributed by atoms with Crippen molar-refractivity contribution in [2.45, 2.75) is 91.6 Å². The summed E-state index contributed by atoms with van der Waals surface area (Å²) in [6.07, 6.45) is -0.332. The first-order valence-corrected chi connectivity index (χ1v) is 41.4. The van der Waals surface area contributed by atoms with E-state index in [1.165, 1.54) is 0 Å². The molecule has 42 heteroatoms. The van der Waals surface area contributed by atoms with E-state index in [0.29, 0.717) is 17.9 Å². The third-order valence-electron chi connectivity index (χ3n) is 15.3. The van der Waals surface area contributed by atoms with E-state index < -0.39 is 0 Å². The van der Waals surface area contributed by atoms with Gasteiger partial charge in [0.15, 0.2) is 23.8 Å². The Bertz CT molecular complexity index is 4430. The van der Waals surface area contributed by atoms with Gasteiger partial charge in [0.1, 0.15) is 43.2 Å². The van der Waals surface area contributed by atoms with Crippen molar-refractivity contribution in [2.75, 3.05) is 127 Å². The molecule has 0 radical (unpaired) electrons. The Kier molecular flexibility index (Phi) is 32.7. The van der Waals surface area contributed by atoms with Gasteiger partial charge in [0.05, 0.1) is 39.8 Å². The average Bonchev–Trinajstić information content (AvgIpc) is 1.80. The highest BCUT2D eigenvalue weighted by atomic mass is 32.1. The van der Waals surface area contributed by atoms with E-state index in [1.807, 2.05) is 228 Å². The van der Waals surface area contributed by atoms with Crippen LogP contribution in [0.25, 0.3) is 0 Å². The van der Waals surface area contributed by atoms with E-state index in [4.69, 9.17) is 11.5 Å². The lowest BCUT2D eigenvalue weighted by atomic mass is 10.4. The number of anilines is 7. The highest BCUT2D eigenvalue weighted by Crippen LogP contribution is 2.23. The van der Waals surface area contributed by atoms with Gasteiger partial charge < -0.3 is 72.4 Å². The van der Waals surface area contributed by atoms with Gasteiger partial charge in [-0.25, -0.2) is 59.9 Å². The van der Waals surface area contributed by atoms with Crippen LogP contribution in [-0.4, -0.2) is 238 Å². The summed E-state index contributed by atoms with van der Waals surface area (Å²) in [5.41, 5.74) is 18.8. The molecular weight excluding hydrogens is 1540 g/mol. The molecule has 7 unspecified atom stereocenters. The van der Waals surface area contributed by atoms with E-state index >= 15 is 0 Å². The highest BCUT2D eigenvalue weighted by Gasteiger charge is 2.27. The number of nitrogens with two attached hydrogens (primary N) is 2. The van der Waals surface area contributed by atoms with E-state index in [1.54, 1.807) is 93.5 Å². The molecule has 7 aromatic heterocycles. The van der Waals surface area contributed by atoms with Gasteiger partial charge in [-0.3, -0.25) is 46.8 Å². The lowest BCUT2D eigenvalue weighted by Gasteiger charge is -2.35. The molecule has 0 saturated carbocycles. The van der Waals surface area contributed by atoms with E-state index in [0.717, 1.165) is 105 Å². The minimum atomic E-state index is -0.127. The van der Waals surface area contributed by atoms with Crippen LogP contribution in [0.5, 0.6) is 0 Å². The predicted octanol–water partition coefficient (Wildman–Crippen LogP) is 8.23. The molecule has 7 aromatic rings. The molecule has 14 heterocycles. The van der Waals surface area contributed by atoms with E-state index in [9.17, 15) is 0 Å². The Morgan fingerprint density at radius 2 is 0.676 bits per heavy atom. The van der Waals surface area contributed by atoms with Crippen molar-refractivity contribution >= 4 is 203 Å². The molecule has 0 fully saturated rings. The fraction of sp³-hybridized carbons (Fsp3) is 0.391. The fourth-order valence-electron chi connectivity index (χ4n) is 9.93. The monoisotopic (exact) mass is 1650 g/mol. The maximum absolute atomic E-state index is 5.64. The molecule has 35 nitrogen and oxygen atoms in total. The van der Waals surface area contributed by atoms with Crippen molar-refractivity contribution in [1.29, 1.82) is 0 Å². The molecule has 0 amide bonds. The van der Waals surface area contributed by atoms with Gasteiger partial charge in [-0.2, -0.15) is 79.4 Å². The molecule has 596 valence electrons. The summed E-state index contributed by atoms with van der Waals surface area (Å²) < 4.78 is 0. The third-order valence-corrected chi connectivity index (χ3v) is 20.1. The first-order valence-electron chi connectivity index (χ1n) is 34.8. The Labute approximate surface area is 678 Å². The van der Waals surface area contributed by atoms with E-state index in [-0.39, 0.29) is 43.2 Å². The molecule has 111 heavy (non-hydrogen) atoms. The Hall–Kier alpha value is -10.9. The number of nitrogens with zero attached hydrogens (tertiary/aromatic N) is 22. The number of hydrogen-bond donors (Lipinski definition) is 13. The molecule has 14 rings (SSSR count). The van der Waals surface area contributed by atoms with Crippen LogP contribution in [0.15, 0.2) is 188 Å². The maximum atomic E-state index is 5.64. The van der Waals surface area contributed by atoms with Crippen LogP contribution >= 0.6 is 79.4 Å². The summed E-state index contributed by atoms with van der Waals surface area (Å²) in [6, 6.07) is 14.2. The standard InChI is InChI=1S/C12H19N5S.C11H17N5S.2C10H15N5S.2C9H13N5S.C8H11N5S/c1-9-13-11(15(2)3)17(5)12(14-9)16(4)10-6-7-18-8-10;1-8-12-10(15(2)3)14-11(13-8)16(4)9-5-6-17-7-9;1-7-11-9(13-8-4-5-16-6-8)14-10(12-7)15(2)3;1-7-12-9(11-2)14-10(13-7)15(3)8-4-5-16-6-8;1-6-11-8(10)13-9(12-6)14(2)7-3-4-15-5-7;1-6-11-8(10-2)14-9(12-6)13-7-3-4-15-5-7;1-5-10-7(9)13-8(11-5)12-6-2-3-14-4-6/h6-9H,1-5H3;5-8H,1-4H3,(H,12,13,14);2*4-7H,1-3H3,(H2,11,12,13,14);3-6H,1-2H3,(H3,10,11,12,13);3-6H,1-2H3,(H3,10,11,12,13,14);2-5H,1H3,(H4,9,10,11,12,13). The van der Waals surface area contributed by atoms with Crippen molar-refractivity contribution in [3.8, 4) is 0 Å². The maximum Gasteiger partial charge on any atom is 0.209 e. The molecule has 15 N–H and O–H groups in total. The molecule has 0 bridgehead atoms. The number of hydrogen-bond acceptors (Lipinski definition) is 38. The Balaban J connectivity index is 0.000000163. The zero-order chi connectivity index (χ0) is 80.3. The van der Waals surface area contributed by atoms with Crippen molar-refractivity contribution in [3.63, 3.8) is 0 Å². The SMILES string of the molecule is CC1N=C(N(C)C)N(C)C(N(C)c2ccsc2)=N1.CC1N=C(N(C)C)NC(N(C)c2ccsc2)=N1.CC1N=C(N)NC(N(C)c2ccsc2)=N1.CC1N=C(N)NC(Nc2ccsc2)=N1.CC1N=C(Nc2ccsc2)NC(N(C)C)=N1.CN=C1NC(N(C)c2ccsc2)=NC(C)N1.CN=C1NC(Nc2ccsc2)=NC(C)N1. The summed E-state index contributed by atoms with van der Waals surface area (Å²) in [7, 11) is 25.2. The van der Waals surface area contributed by atoms with Crippen molar-refractivity contribution in [1.82, 2.24) is 62.1 Å². The summed E-state index contributed by atoms with van der Waals surface area (Å²) in [4.78, 5) is 76.5. The second kappa shape index (κ2) is 42.3. The average molecular weight is 1650 g/mol. The van der Waals surface area contributed by atoms with Crippen molar-refractivity contribution in [3.05, 3.63) is 118 Å². The largest absolute Gasteiger partial charge is 0.370 e. The van der Waals surface area contributed by atoms with Crippen LogP contribution in [0.1, 0.15) is 48.5 Å². The number of guanidine groups is 14. The molecular formula is C69H103N35S7. The van der Waals surface area contributed by atoms with Crippen molar-refractivity contribution in [2.24, 2.45) is 81.4 Å². The van der Waals surface area contributed by atoms with Gasteiger partial charge in [-0.05, 0) is 129 Å². The summed E-state index contributed by atoms with van der Waals surface area (Å²) >= 11 is 11.6. The first kappa shape index (κ1) is 85.7. The molecule has 0 aromatic carbocycles. The Morgan fingerprint density at radius 1 is 0.342 bits per heavy atom. The van der Waals surface area contributed by atoms with Crippen molar-refractivity contribution < 1.29 is 0 Å². The molecule has 7 aliphatic rings. The smallest absolute Gasteiger partial charge is 0.209 e. The van der Waals surface area contributed by atoms with Crippen LogP contribution < -0.4 is 89.6 Å². The van der Waals surface area contributed by atoms with Crippen LogP contribution in [0, 0.1) is 0 Å². The highest BCUT2D eigenvalue weighted by molar-refractivity contribution is 7.10. The van der Waals surface area contributed by atoms with Gasteiger partial charge in [0.2, 0.25) is 59.6 Å². The molecule has 7 atom stereocenters. The molecule has 0 aliphatic carbocycles. The normalized spacial score (nSPS) is 20.6. The summed E-state index contributed by atoms with van der Waals surface area (Å²) in [5, 5.41) is 62.7. The molecule has 0 saturated heterocycles. The summed E-state index contributed by atoms with van der Waals surface area (Å²) in [5.74, 6) is 10.3. The fourth-order valence-corrected chi connectivity index (χ4v) is 14.4.